The molecule has 0 radical (unpaired) electrons. The van der Waals surface area contributed by atoms with E-state index in [1.807, 2.05) is 0 Å². The molecule has 27 heavy (non-hydrogen) atoms. The standard InChI is InChI=1S/C17H17Cl2N3O4S/c1-20-16(23)10-22(2)17(24)11-4-3-5-12(8-11)21-27(25,26)13-6-7-14(18)15(19)9-13/h3-9,21H,10H2,1-2H3,(H,20,23). The summed E-state index contributed by atoms with van der Waals surface area (Å²) in [5.41, 5.74) is 0.427. The van der Waals surface area contributed by atoms with E-state index in [4.69, 9.17) is 23.2 Å². The first kappa shape index (κ1) is 21.0. The van der Waals surface area contributed by atoms with Crippen molar-refractivity contribution in [3.05, 3.63) is 58.1 Å². The minimum absolute atomic E-state index is 0.0645. The maximum absolute atomic E-state index is 12.5. The first-order chi connectivity index (χ1) is 12.6. The Morgan fingerprint density at radius 2 is 1.78 bits per heavy atom. The second-order valence-corrected chi connectivity index (χ2v) is 8.09. The number of halogens is 2. The van der Waals surface area contributed by atoms with Gasteiger partial charge in [0.05, 0.1) is 21.5 Å². The van der Waals surface area contributed by atoms with Gasteiger partial charge in [-0.25, -0.2) is 8.42 Å². The summed E-state index contributed by atoms with van der Waals surface area (Å²) in [6.45, 7) is -0.117. The van der Waals surface area contributed by atoms with Gasteiger partial charge in [-0.15, -0.1) is 0 Å². The van der Waals surface area contributed by atoms with Gasteiger partial charge in [0.2, 0.25) is 5.91 Å². The van der Waals surface area contributed by atoms with Crippen molar-refractivity contribution in [1.29, 1.82) is 0 Å². The van der Waals surface area contributed by atoms with E-state index in [-0.39, 0.29) is 38.6 Å². The molecule has 0 saturated heterocycles. The molecule has 0 aliphatic carbocycles. The highest BCUT2D eigenvalue weighted by molar-refractivity contribution is 7.92. The van der Waals surface area contributed by atoms with Crippen LogP contribution in [-0.2, 0) is 14.8 Å². The maximum Gasteiger partial charge on any atom is 0.261 e. The fourth-order valence-electron chi connectivity index (χ4n) is 2.16. The third-order valence-electron chi connectivity index (χ3n) is 3.57. The topological polar surface area (TPSA) is 95.6 Å². The van der Waals surface area contributed by atoms with Gasteiger partial charge in [0, 0.05) is 25.3 Å². The number of sulfonamides is 1. The molecule has 0 atom stereocenters. The minimum Gasteiger partial charge on any atom is -0.358 e. The lowest BCUT2D eigenvalue weighted by molar-refractivity contribution is -0.121. The van der Waals surface area contributed by atoms with Crippen LogP contribution >= 0.6 is 23.2 Å². The highest BCUT2D eigenvalue weighted by Gasteiger charge is 2.18. The molecule has 0 bridgehead atoms. The Morgan fingerprint density at radius 3 is 2.41 bits per heavy atom. The fraction of sp³-hybridized carbons (Fsp3) is 0.176. The lowest BCUT2D eigenvalue weighted by Gasteiger charge is -2.17. The number of nitrogens with zero attached hydrogens (tertiary/aromatic N) is 1. The van der Waals surface area contributed by atoms with Crippen molar-refractivity contribution >= 4 is 50.7 Å². The zero-order valence-electron chi connectivity index (χ0n) is 14.5. The van der Waals surface area contributed by atoms with E-state index in [0.29, 0.717) is 0 Å². The number of amides is 2. The number of carbonyl (C=O) groups excluding carboxylic acids is 2. The number of hydrogen-bond donors (Lipinski definition) is 2. The molecule has 0 aromatic heterocycles. The Labute approximate surface area is 167 Å². The van der Waals surface area contributed by atoms with E-state index >= 15 is 0 Å². The summed E-state index contributed by atoms with van der Waals surface area (Å²) < 4.78 is 27.4. The molecule has 2 aromatic rings. The van der Waals surface area contributed by atoms with Crippen molar-refractivity contribution in [2.75, 3.05) is 25.4 Å². The van der Waals surface area contributed by atoms with Gasteiger partial charge in [-0.3, -0.25) is 14.3 Å². The molecule has 0 saturated carbocycles. The summed E-state index contributed by atoms with van der Waals surface area (Å²) >= 11 is 11.7. The molecule has 0 aliphatic rings. The summed E-state index contributed by atoms with van der Waals surface area (Å²) in [7, 11) is -0.973. The summed E-state index contributed by atoms with van der Waals surface area (Å²) in [6, 6.07) is 9.89. The monoisotopic (exact) mass is 429 g/mol. The van der Waals surface area contributed by atoms with Gasteiger partial charge < -0.3 is 10.2 Å². The molecule has 2 rings (SSSR count). The number of anilines is 1. The normalized spacial score (nSPS) is 11.0. The third kappa shape index (κ3) is 5.35. The minimum atomic E-state index is -3.92. The van der Waals surface area contributed by atoms with Crippen LogP contribution in [-0.4, -0.2) is 45.8 Å². The van der Waals surface area contributed by atoms with Crippen LogP contribution < -0.4 is 10.0 Å². The van der Waals surface area contributed by atoms with E-state index in [2.05, 4.69) is 10.0 Å². The van der Waals surface area contributed by atoms with Crippen LogP contribution in [0.3, 0.4) is 0 Å². The lowest BCUT2D eigenvalue weighted by atomic mass is 10.2. The Kier molecular flexibility index (Phi) is 6.69. The predicted molar refractivity (Wildman–Crippen MR) is 105 cm³/mol. The lowest BCUT2D eigenvalue weighted by Crippen LogP contribution is -2.36. The number of rotatable bonds is 6. The molecule has 0 heterocycles. The number of nitrogens with one attached hydrogen (secondary N) is 2. The number of likely N-dealkylation sites (N-methyl/N-ethyl adjacent to an activating group) is 2. The Hall–Kier alpha value is -2.29. The number of benzene rings is 2. The molecule has 2 N–H and O–H groups in total. The number of carbonyl (C=O) groups is 2. The Balaban J connectivity index is 2.23. The van der Waals surface area contributed by atoms with Gasteiger partial charge in [0.25, 0.3) is 15.9 Å². The van der Waals surface area contributed by atoms with Gasteiger partial charge in [0.15, 0.2) is 0 Å². The van der Waals surface area contributed by atoms with Gasteiger partial charge in [-0.2, -0.15) is 0 Å². The second kappa shape index (κ2) is 8.60. The van der Waals surface area contributed by atoms with Crippen LogP contribution in [0.25, 0.3) is 0 Å². The second-order valence-electron chi connectivity index (χ2n) is 5.60. The van der Waals surface area contributed by atoms with E-state index in [1.54, 1.807) is 0 Å². The summed E-state index contributed by atoms with van der Waals surface area (Å²) in [5, 5.41) is 2.78. The zero-order valence-corrected chi connectivity index (χ0v) is 16.8. The summed E-state index contributed by atoms with van der Waals surface area (Å²) in [4.78, 5) is 25.0. The van der Waals surface area contributed by atoms with E-state index < -0.39 is 15.9 Å². The Morgan fingerprint density at radius 1 is 1.07 bits per heavy atom. The van der Waals surface area contributed by atoms with Crippen LogP contribution in [0.2, 0.25) is 10.0 Å². The van der Waals surface area contributed by atoms with E-state index in [9.17, 15) is 18.0 Å². The highest BCUT2D eigenvalue weighted by atomic mass is 35.5. The van der Waals surface area contributed by atoms with Crippen LogP contribution in [0.1, 0.15) is 10.4 Å². The molecule has 7 nitrogen and oxygen atoms in total. The zero-order chi connectivity index (χ0) is 20.2. The SMILES string of the molecule is CNC(=O)CN(C)C(=O)c1cccc(NS(=O)(=O)c2ccc(Cl)c(Cl)c2)c1. The molecule has 0 spiro atoms. The Bertz CT molecular complexity index is 980. The van der Waals surface area contributed by atoms with Crippen molar-refractivity contribution in [2.45, 2.75) is 4.90 Å². The molecule has 0 fully saturated rings. The quantitative estimate of drug-likeness (QED) is 0.737. The maximum atomic E-state index is 12.5. The third-order valence-corrected chi connectivity index (χ3v) is 5.69. The first-order valence-corrected chi connectivity index (χ1v) is 9.92. The summed E-state index contributed by atoms with van der Waals surface area (Å²) in [6.07, 6.45) is 0. The van der Waals surface area contributed by atoms with E-state index in [0.717, 1.165) is 0 Å². The van der Waals surface area contributed by atoms with Gasteiger partial charge in [-0.05, 0) is 36.4 Å². The largest absolute Gasteiger partial charge is 0.358 e. The molecule has 144 valence electrons. The van der Waals surface area contributed by atoms with Crippen LogP contribution in [0, 0.1) is 0 Å². The van der Waals surface area contributed by atoms with Gasteiger partial charge >= 0.3 is 0 Å². The van der Waals surface area contributed by atoms with E-state index in [1.165, 1.54) is 61.5 Å². The molecule has 2 amide bonds. The van der Waals surface area contributed by atoms with Crippen molar-refractivity contribution < 1.29 is 18.0 Å². The average Bonchev–Trinajstić information content (AvgIpc) is 2.62. The first-order valence-electron chi connectivity index (χ1n) is 7.68. The van der Waals surface area contributed by atoms with Crippen molar-refractivity contribution in [3.8, 4) is 0 Å². The van der Waals surface area contributed by atoms with Crippen molar-refractivity contribution in [2.24, 2.45) is 0 Å². The summed E-state index contributed by atoms with van der Waals surface area (Å²) in [5.74, 6) is -0.739. The molecule has 0 aliphatic heterocycles. The van der Waals surface area contributed by atoms with Crippen LogP contribution in [0.15, 0.2) is 47.4 Å². The predicted octanol–water partition coefficient (Wildman–Crippen LogP) is 2.61. The van der Waals surface area contributed by atoms with Gasteiger partial charge in [0.1, 0.15) is 0 Å². The van der Waals surface area contributed by atoms with Crippen LogP contribution in [0.4, 0.5) is 5.69 Å². The molecular formula is C17H17Cl2N3O4S. The smallest absolute Gasteiger partial charge is 0.261 e. The molecular weight excluding hydrogens is 413 g/mol. The highest BCUT2D eigenvalue weighted by Crippen LogP contribution is 2.26. The van der Waals surface area contributed by atoms with Gasteiger partial charge in [-0.1, -0.05) is 29.3 Å². The average molecular weight is 430 g/mol. The molecule has 0 unspecified atom stereocenters. The van der Waals surface area contributed by atoms with Crippen LogP contribution in [0.5, 0.6) is 0 Å². The number of hydrogen-bond acceptors (Lipinski definition) is 4. The fourth-order valence-corrected chi connectivity index (χ4v) is 3.60. The molecule has 2 aromatic carbocycles. The van der Waals surface area contributed by atoms with Crippen molar-refractivity contribution in [3.63, 3.8) is 0 Å². The van der Waals surface area contributed by atoms with Crippen molar-refractivity contribution in [1.82, 2.24) is 10.2 Å². The molecule has 10 heteroatoms.